The molecule has 2 aromatic rings. The number of methoxy groups -OCH3 is 2. The molecule has 0 bridgehead atoms. The van der Waals surface area contributed by atoms with Crippen molar-refractivity contribution < 1.29 is 33.3 Å². The highest BCUT2D eigenvalue weighted by atomic mass is 16.5. The van der Waals surface area contributed by atoms with Crippen LogP contribution in [0.15, 0.2) is 36.5 Å². The van der Waals surface area contributed by atoms with Gasteiger partial charge in [0, 0.05) is 31.0 Å². The van der Waals surface area contributed by atoms with Crippen molar-refractivity contribution in [1.82, 2.24) is 4.98 Å². The van der Waals surface area contributed by atoms with Gasteiger partial charge in [-0.25, -0.2) is 14.6 Å². The Labute approximate surface area is 179 Å². The monoisotopic (exact) mass is 428 g/mol. The van der Waals surface area contributed by atoms with Gasteiger partial charge < -0.3 is 24.3 Å². The number of nitrogens with one attached hydrogen (secondary N) is 1. The first-order valence-corrected chi connectivity index (χ1v) is 9.80. The van der Waals surface area contributed by atoms with E-state index in [1.54, 1.807) is 0 Å². The lowest BCUT2D eigenvalue weighted by Gasteiger charge is -2.21. The minimum atomic E-state index is -0.651. The van der Waals surface area contributed by atoms with Crippen molar-refractivity contribution in [3.05, 3.63) is 53.2 Å². The lowest BCUT2D eigenvalue weighted by Crippen LogP contribution is -2.22. The van der Waals surface area contributed by atoms with Crippen LogP contribution in [0.5, 0.6) is 5.88 Å². The fraction of sp³-hybridized carbons (Fsp3) is 0.364. The number of aromatic nitrogens is 1. The van der Waals surface area contributed by atoms with Gasteiger partial charge in [-0.1, -0.05) is 0 Å². The van der Waals surface area contributed by atoms with Crippen molar-refractivity contribution in [2.24, 2.45) is 5.92 Å². The lowest BCUT2D eigenvalue weighted by molar-refractivity contribution is 0.0490. The van der Waals surface area contributed by atoms with Gasteiger partial charge in [0.05, 0.1) is 37.6 Å². The van der Waals surface area contributed by atoms with E-state index in [-0.39, 0.29) is 22.4 Å². The van der Waals surface area contributed by atoms with Crippen molar-refractivity contribution >= 4 is 23.5 Å². The molecule has 1 aliphatic rings. The van der Waals surface area contributed by atoms with Gasteiger partial charge >= 0.3 is 11.9 Å². The molecule has 2 heterocycles. The average Bonchev–Trinajstić information content (AvgIpc) is 2.82. The summed E-state index contributed by atoms with van der Waals surface area (Å²) in [6.07, 6.45) is 3.32. The summed E-state index contributed by atoms with van der Waals surface area (Å²) < 4.78 is 20.5. The van der Waals surface area contributed by atoms with Crippen molar-refractivity contribution in [2.45, 2.75) is 12.8 Å². The van der Waals surface area contributed by atoms with Crippen molar-refractivity contribution in [2.75, 3.05) is 39.4 Å². The van der Waals surface area contributed by atoms with Crippen LogP contribution >= 0.6 is 0 Å². The molecular formula is C22H24N2O7. The Morgan fingerprint density at radius 3 is 2.48 bits per heavy atom. The van der Waals surface area contributed by atoms with Crippen LogP contribution in [-0.2, 0) is 14.2 Å². The smallest absolute Gasteiger partial charge is 0.339 e. The summed E-state index contributed by atoms with van der Waals surface area (Å²) in [6.45, 7) is 1.93. The van der Waals surface area contributed by atoms with Crippen LogP contribution in [0.2, 0.25) is 0 Å². The first kappa shape index (κ1) is 22.2. The number of carbonyl (C=O) groups is 3. The van der Waals surface area contributed by atoms with Crippen LogP contribution in [0, 0.1) is 5.92 Å². The molecule has 0 radical (unpaired) electrons. The van der Waals surface area contributed by atoms with Crippen LogP contribution < -0.4 is 10.1 Å². The van der Waals surface area contributed by atoms with E-state index in [0.29, 0.717) is 18.4 Å². The molecule has 1 aromatic carbocycles. The molecule has 1 aromatic heterocycles. The predicted molar refractivity (Wildman–Crippen MR) is 110 cm³/mol. The number of esters is 2. The maximum absolute atomic E-state index is 12.8. The maximum Gasteiger partial charge on any atom is 0.339 e. The third-order valence-corrected chi connectivity index (χ3v) is 4.90. The van der Waals surface area contributed by atoms with Crippen molar-refractivity contribution in [3.63, 3.8) is 0 Å². The van der Waals surface area contributed by atoms with Gasteiger partial charge in [-0.05, 0) is 43.0 Å². The number of anilines is 1. The van der Waals surface area contributed by atoms with Crippen molar-refractivity contribution in [3.8, 4) is 5.88 Å². The van der Waals surface area contributed by atoms with E-state index in [1.807, 2.05) is 0 Å². The second-order valence-corrected chi connectivity index (χ2v) is 6.95. The molecule has 1 aliphatic heterocycles. The van der Waals surface area contributed by atoms with Crippen LogP contribution in [0.25, 0.3) is 0 Å². The van der Waals surface area contributed by atoms with E-state index in [4.69, 9.17) is 18.9 Å². The summed E-state index contributed by atoms with van der Waals surface area (Å²) in [4.78, 5) is 40.9. The highest BCUT2D eigenvalue weighted by molar-refractivity contribution is 6.09. The van der Waals surface area contributed by atoms with Gasteiger partial charge in [0.15, 0.2) is 0 Å². The molecule has 0 atom stereocenters. The van der Waals surface area contributed by atoms with Crippen molar-refractivity contribution in [1.29, 1.82) is 0 Å². The Bertz CT molecular complexity index is 955. The highest BCUT2D eigenvalue weighted by Crippen LogP contribution is 2.22. The number of nitrogens with zero attached hydrogens (tertiary/aromatic N) is 1. The van der Waals surface area contributed by atoms with Crippen LogP contribution in [-0.4, -0.2) is 56.9 Å². The van der Waals surface area contributed by atoms with Gasteiger partial charge in [-0.3, -0.25) is 4.79 Å². The zero-order valence-electron chi connectivity index (χ0n) is 17.4. The summed E-state index contributed by atoms with van der Waals surface area (Å²) in [5, 5.41) is 2.65. The predicted octanol–water partition coefficient (Wildman–Crippen LogP) is 2.71. The number of benzene rings is 1. The number of hydrogen-bond acceptors (Lipinski definition) is 8. The largest absolute Gasteiger partial charge is 0.477 e. The van der Waals surface area contributed by atoms with E-state index < -0.39 is 17.8 Å². The Hall–Kier alpha value is -3.46. The number of rotatable bonds is 7. The highest BCUT2D eigenvalue weighted by Gasteiger charge is 2.19. The van der Waals surface area contributed by atoms with Gasteiger partial charge in [0.2, 0.25) is 5.88 Å². The number of ether oxygens (including phenoxy) is 4. The van der Waals surface area contributed by atoms with Gasteiger partial charge in [-0.2, -0.15) is 0 Å². The molecule has 0 spiro atoms. The topological polar surface area (TPSA) is 113 Å². The molecule has 1 fully saturated rings. The quantitative estimate of drug-likeness (QED) is 0.670. The minimum Gasteiger partial charge on any atom is -0.477 e. The fourth-order valence-electron chi connectivity index (χ4n) is 3.12. The normalized spacial score (nSPS) is 13.9. The van der Waals surface area contributed by atoms with E-state index in [9.17, 15) is 14.4 Å². The molecular weight excluding hydrogens is 404 g/mol. The number of hydrogen-bond donors (Lipinski definition) is 1. The fourth-order valence-corrected chi connectivity index (χ4v) is 3.12. The molecule has 0 unspecified atom stereocenters. The molecule has 164 valence electrons. The number of amides is 1. The molecule has 0 saturated carbocycles. The van der Waals surface area contributed by atoms with E-state index in [0.717, 1.165) is 26.1 Å². The second kappa shape index (κ2) is 10.5. The minimum absolute atomic E-state index is 0.105. The molecule has 1 saturated heterocycles. The Kier molecular flexibility index (Phi) is 7.55. The van der Waals surface area contributed by atoms with Gasteiger partial charge in [-0.15, -0.1) is 0 Å². The molecule has 31 heavy (non-hydrogen) atoms. The SMILES string of the molecule is COC(=O)c1ccc(C(=O)OC)c(NC(=O)c2ccnc(OCC3CCOCC3)c2)c1. The van der Waals surface area contributed by atoms with E-state index in [1.165, 1.54) is 50.7 Å². The molecule has 0 aliphatic carbocycles. The van der Waals surface area contributed by atoms with Crippen LogP contribution in [0.3, 0.4) is 0 Å². The van der Waals surface area contributed by atoms with Crippen LogP contribution in [0.1, 0.15) is 43.9 Å². The zero-order chi connectivity index (χ0) is 22.2. The third-order valence-electron chi connectivity index (χ3n) is 4.90. The Morgan fingerprint density at radius 2 is 1.77 bits per heavy atom. The molecule has 9 nitrogen and oxygen atoms in total. The molecule has 3 rings (SSSR count). The summed E-state index contributed by atoms with van der Waals surface area (Å²) >= 11 is 0. The van der Waals surface area contributed by atoms with Crippen LogP contribution in [0.4, 0.5) is 5.69 Å². The first-order chi connectivity index (χ1) is 15.0. The molecule has 9 heteroatoms. The average molecular weight is 428 g/mol. The summed E-state index contributed by atoms with van der Waals surface area (Å²) in [5.41, 5.74) is 0.701. The third kappa shape index (κ3) is 5.79. The summed E-state index contributed by atoms with van der Waals surface area (Å²) in [7, 11) is 2.47. The van der Waals surface area contributed by atoms with Gasteiger partial charge in [0.25, 0.3) is 5.91 Å². The number of carbonyl (C=O) groups excluding carboxylic acids is 3. The molecule has 1 N–H and O–H groups in total. The van der Waals surface area contributed by atoms with E-state index in [2.05, 4.69) is 10.3 Å². The standard InChI is InChI=1S/C22H24N2O7/c1-28-21(26)16-3-4-17(22(27)29-2)18(11-16)24-20(25)15-5-8-23-19(12-15)31-13-14-6-9-30-10-7-14/h3-5,8,11-12,14H,6-7,9-10,13H2,1-2H3,(H,24,25). The second-order valence-electron chi connectivity index (χ2n) is 6.95. The Balaban J connectivity index is 1.75. The lowest BCUT2D eigenvalue weighted by atomic mass is 10.0. The first-order valence-electron chi connectivity index (χ1n) is 9.80. The molecule has 1 amide bonds. The van der Waals surface area contributed by atoms with E-state index >= 15 is 0 Å². The number of pyridine rings is 1. The summed E-state index contributed by atoms with van der Waals surface area (Å²) in [5.74, 6) is -1.03. The van der Waals surface area contributed by atoms with Gasteiger partial charge in [0.1, 0.15) is 0 Å². The Morgan fingerprint density at radius 1 is 1.03 bits per heavy atom. The zero-order valence-corrected chi connectivity index (χ0v) is 17.4. The summed E-state index contributed by atoms with van der Waals surface area (Å²) in [6, 6.07) is 7.22. The maximum atomic E-state index is 12.8.